The summed E-state index contributed by atoms with van der Waals surface area (Å²) in [5.41, 5.74) is 3.19. The van der Waals surface area contributed by atoms with Crippen molar-refractivity contribution in [2.45, 2.75) is 32.8 Å². The average Bonchev–Trinajstić information content (AvgIpc) is 2.85. The normalized spacial score (nSPS) is 21.0. The number of benzene rings is 1. The van der Waals surface area contributed by atoms with Gasteiger partial charge in [0.2, 0.25) is 0 Å². The third-order valence-electron chi connectivity index (χ3n) is 3.85. The second kappa shape index (κ2) is 5.72. The van der Waals surface area contributed by atoms with Gasteiger partial charge in [0.25, 0.3) is 0 Å². The fraction of sp³-hybridized carbons (Fsp3) is 0.600. The minimum Gasteiger partial charge on any atom is -0.496 e. The van der Waals surface area contributed by atoms with Crippen molar-refractivity contribution in [3.8, 4) is 5.75 Å². The summed E-state index contributed by atoms with van der Waals surface area (Å²) in [5.74, 6) is 1.28. The summed E-state index contributed by atoms with van der Waals surface area (Å²) >= 11 is 0. The van der Waals surface area contributed by atoms with Crippen LogP contribution >= 0.6 is 0 Å². The van der Waals surface area contributed by atoms with Crippen molar-refractivity contribution in [2.75, 3.05) is 20.3 Å². The summed E-state index contributed by atoms with van der Waals surface area (Å²) in [4.78, 5) is 0. The van der Waals surface area contributed by atoms with Crippen molar-refractivity contribution >= 4 is 0 Å². The van der Waals surface area contributed by atoms with Crippen LogP contribution in [-0.4, -0.2) is 25.4 Å². The third kappa shape index (κ3) is 2.68. The van der Waals surface area contributed by atoms with Crippen LogP contribution < -0.4 is 4.74 Å². The lowest BCUT2D eigenvalue weighted by Crippen LogP contribution is -2.09. The van der Waals surface area contributed by atoms with Crippen LogP contribution in [0.4, 0.5) is 0 Å². The van der Waals surface area contributed by atoms with E-state index in [1.54, 1.807) is 7.11 Å². The molecule has 2 atom stereocenters. The molecule has 0 bridgehead atoms. The first kappa shape index (κ1) is 13.4. The maximum Gasteiger partial charge on any atom is 0.127 e. The summed E-state index contributed by atoms with van der Waals surface area (Å²) in [7, 11) is 1.66. The molecule has 0 radical (unpaired) electrons. The quantitative estimate of drug-likeness (QED) is 0.893. The van der Waals surface area contributed by atoms with Crippen LogP contribution in [0.2, 0.25) is 0 Å². The van der Waals surface area contributed by atoms with E-state index >= 15 is 0 Å². The smallest absolute Gasteiger partial charge is 0.127 e. The largest absolute Gasteiger partial charge is 0.496 e. The Morgan fingerprint density at radius 3 is 2.83 bits per heavy atom. The van der Waals surface area contributed by atoms with E-state index < -0.39 is 6.10 Å². The highest BCUT2D eigenvalue weighted by atomic mass is 16.5. The van der Waals surface area contributed by atoms with E-state index in [0.29, 0.717) is 5.92 Å². The highest BCUT2D eigenvalue weighted by Crippen LogP contribution is 2.35. The van der Waals surface area contributed by atoms with Crippen molar-refractivity contribution in [1.29, 1.82) is 0 Å². The van der Waals surface area contributed by atoms with E-state index in [9.17, 15) is 5.11 Å². The predicted molar refractivity (Wildman–Crippen MR) is 71.0 cm³/mol. The Kier molecular flexibility index (Phi) is 4.25. The number of aliphatic hydroxyl groups excluding tert-OH is 1. The van der Waals surface area contributed by atoms with Crippen LogP contribution in [0.1, 0.15) is 35.6 Å². The minimum atomic E-state index is -0.467. The zero-order chi connectivity index (χ0) is 13.1. The SMILES string of the molecule is COc1c(C(O)CC2CCOC2)ccc(C)c1C. The summed E-state index contributed by atoms with van der Waals surface area (Å²) in [6, 6.07) is 4.02. The number of ether oxygens (including phenoxy) is 2. The summed E-state index contributed by atoms with van der Waals surface area (Å²) in [6.45, 7) is 5.67. The van der Waals surface area contributed by atoms with E-state index in [1.807, 2.05) is 19.1 Å². The molecule has 0 aliphatic carbocycles. The standard InChI is InChI=1S/C15H22O3/c1-10-4-5-13(15(17-3)11(10)2)14(16)8-12-6-7-18-9-12/h4-5,12,14,16H,6-9H2,1-3H3. The zero-order valence-electron chi connectivity index (χ0n) is 11.4. The van der Waals surface area contributed by atoms with Gasteiger partial charge < -0.3 is 14.6 Å². The van der Waals surface area contributed by atoms with Crippen molar-refractivity contribution in [3.05, 3.63) is 28.8 Å². The molecule has 1 aliphatic rings. The fourth-order valence-electron chi connectivity index (χ4n) is 2.56. The van der Waals surface area contributed by atoms with Gasteiger partial charge in [-0.1, -0.05) is 12.1 Å². The molecule has 1 heterocycles. The molecule has 0 aromatic heterocycles. The molecule has 3 heteroatoms. The minimum absolute atomic E-state index is 0.464. The van der Waals surface area contributed by atoms with Crippen LogP contribution in [0.25, 0.3) is 0 Å². The molecule has 1 aromatic rings. The molecule has 1 aromatic carbocycles. The van der Waals surface area contributed by atoms with Crippen LogP contribution in [0.15, 0.2) is 12.1 Å². The zero-order valence-corrected chi connectivity index (χ0v) is 11.4. The third-order valence-corrected chi connectivity index (χ3v) is 3.85. The van der Waals surface area contributed by atoms with Crippen LogP contribution in [0.3, 0.4) is 0 Å². The predicted octanol–water partition coefficient (Wildman–Crippen LogP) is 2.77. The molecule has 1 aliphatic heterocycles. The van der Waals surface area contributed by atoms with E-state index in [4.69, 9.17) is 9.47 Å². The Morgan fingerprint density at radius 1 is 1.44 bits per heavy atom. The molecule has 1 fully saturated rings. The van der Waals surface area contributed by atoms with E-state index in [1.165, 1.54) is 5.56 Å². The fourth-order valence-corrected chi connectivity index (χ4v) is 2.56. The van der Waals surface area contributed by atoms with Crippen molar-refractivity contribution in [1.82, 2.24) is 0 Å². The monoisotopic (exact) mass is 250 g/mol. The van der Waals surface area contributed by atoms with Gasteiger partial charge in [0.05, 0.1) is 13.2 Å². The van der Waals surface area contributed by atoms with Crippen LogP contribution in [0, 0.1) is 19.8 Å². The lowest BCUT2D eigenvalue weighted by molar-refractivity contribution is 0.127. The maximum absolute atomic E-state index is 10.4. The molecule has 3 nitrogen and oxygen atoms in total. The highest BCUT2D eigenvalue weighted by molar-refractivity contribution is 5.46. The second-order valence-electron chi connectivity index (χ2n) is 5.11. The highest BCUT2D eigenvalue weighted by Gasteiger charge is 2.23. The van der Waals surface area contributed by atoms with Gasteiger partial charge in [0.1, 0.15) is 5.75 Å². The van der Waals surface area contributed by atoms with Gasteiger partial charge in [-0.3, -0.25) is 0 Å². The average molecular weight is 250 g/mol. The Balaban J connectivity index is 2.18. The Bertz CT molecular complexity index is 408. The number of methoxy groups -OCH3 is 1. The van der Waals surface area contributed by atoms with Gasteiger partial charge in [-0.25, -0.2) is 0 Å². The second-order valence-corrected chi connectivity index (χ2v) is 5.11. The first-order chi connectivity index (χ1) is 8.63. The van der Waals surface area contributed by atoms with Crippen molar-refractivity contribution in [3.63, 3.8) is 0 Å². The number of hydrogen-bond donors (Lipinski definition) is 1. The first-order valence-corrected chi connectivity index (χ1v) is 6.53. The lowest BCUT2D eigenvalue weighted by atomic mass is 9.93. The van der Waals surface area contributed by atoms with E-state index in [-0.39, 0.29) is 0 Å². The molecule has 1 saturated heterocycles. The van der Waals surface area contributed by atoms with Gasteiger partial charge in [0, 0.05) is 18.8 Å². The summed E-state index contributed by atoms with van der Waals surface area (Å²) in [6.07, 6.45) is 1.33. The number of aliphatic hydroxyl groups is 1. The number of rotatable bonds is 4. The molecular weight excluding hydrogens is 228 g/mol. The topological polar surface area (TPSA) is 38.7 Å². The van der Waals surface area contributed by atoms with Gasteiger partial charge in [-0.05, 0) is 43.7 Å². The maximum atomic E-state index is 10.4. The van der Waals surface area contributed by atoms with E-state index in [2.05, 4.69) is 6.92 Å². The van der Waals surface area contributed by atoms with E-state index in [0.717, 1.165) is 42.9 Å². The summed E-state index contributed by atoms with van der Waals surface area (Å²) in [5, 5.41) is 10.4. The molecule has 18 heavy (non-hydrogen) atoms. The lowest BCUT2D eigenvalue weighted by Gasteiger charge is -2.19. The molecule has 0 saturated carbocycles. The number of aryl methyl sites for hydroxylation is 1. The van der Waals surface area contributed by atoms with Gasteiger partial charge in [-0.15, -0.1) is 0 Å². The molecular formula is C15H22O3. The Labute approximate surface area is 109 Å². The first-order valence-electron chi connectivity index (χ1n) is 6.53. The molecule has 2 rings (SSSR count). The summed E-state index contributed by atoms with van der Waals surface area (Å²) < 4.78 is 10.8. The van der Waals surface area contributed by atoms with Crippen LogP contribution in [-0.2, 0) is 4.74 Å². The van der Waals surface area contributed by atoms with Crippen molar-refractivity contribution < 1.29 is 14.6 Å². The Hall–Kier alpha value is -1.06. The molecule has 1 N–H and O–H groups in total. The number of hydrogen-bond acceptors (Lipinski definition) is 3. The van der Waals surface area contributed by atoms with Gasteiger partial charge in [-0.2, -0.15) is 0 Å². The van der Waals surface area contributed by atoms with Gasteiger partial charge >= 0.3 is 0 Å². The molecule has 0 spiro atoms. The van der Waals surface area contributed by atoms with Crippen LogP contribution in [0.5, 0.6) is 5.75 Å². The Morgan fingerprint density at radius 2 is 2.22 bits per heavy atom. The van der Waals surface area contributed by atoms with Gasteiger partial charge in [0.15, 0.2) is 0 Å². The van der Waals surface area contributed by atoms with Crippen molar-refractivity contribution in [2.24, 2.45) is 5.92 Å². The molecule has 0 amide bonds. The molecule has 100 valence electrons. The molecule has 2 unspecified atom stereocenters.